The van der Waals surface area contributed by atoms with Gasteiger partial charge in [0.05, 0.1) is 12.2 Å². The van der Waals surface area contributed by atoms with Gasteiger partial charge in [0.1, 0.15) is 0 Å². The molecule has 3 nitrogen and oxygen atoms in total. The van der Waals surface area contributed by atoms with Crippen LogP contribution in [0.25, 0.3) is 0 Å². The SMILES string of the molecule is CCCNC(c1ccnnc1)c1cc(C)c(C)cc1C. The van der Waals surface area contributed by atoms with Crippen LogP contribution in [0.15, 0.2) is 30.6 Å². The van der Waals surface area contributed by atoms with Crippen molar-refractivity contribution in [3.05, 3.63) is 58.4 Å². The summed E-state index contributed by atoms with van der Waals surface area (Å²) in [6.07, 6.45) is 4.72. The number of benzene rings is 1. The molecule has 20 heavy (non-hydrogen) atoms. The first-order valence-electron chi connectivity index (χ1n) is 7.21. The second-order valence-electron chi connectivity index (χ2n) is 5.36. The van der Waals surface area contributed by atoms with Crippen molar-refractivity contribution in [2.75, 3.05) is 6.54 Å². The highest BCUT2D eigenvalue weighted by Crippen LogP contribution is 2.26. The zero-order valence-electron chi connectivity index (χ0n) is 12.8. The van der Waals surface area contributed by atoms with Gasteiger partial charge >= 0.3 is 0 Å². The quantitative estimate of drug-likeness (QED) is 0.903. The van der Waals surface area contributed by atoms with Crippen LogP contribution in [0.1, 0.15) is 47.2 Å². The van der Waals surface area contributed by atoms with Crippen molar-refractivity contribution in [3.63, 3.8) is 0 Å². The van der Waals surface area contributed by atoms with Gasteiger partial charge in [-0.2, -0.15) is 10.2 Å². The normalized spacial score (nSPS) is 12.4. The molecule has 1 aromatic carbocycles. The van der Waals surface area contributed by atoms with Gasteiger partial charge in [0, 0.05) is 6.20 Å². The minimum atomic E-state index is 0.185. The van der Waals surface area contributed by atoms with Crippen molar-refractivity contribution in [1.82, 2.24) is 15.5 Å². The molecule has 0 saturated heterocycles. The van der Waals surface area contributed by atoms with E-state index < -0.39 is 0 Å². The van der Waals surface area contributed by atoms with Crippen LogP contribution >= 0.6 is 0 Å². The van der Waals surface area contributed by atoms with E-state index in [1.807, 2.05) is 12.3 Å². The van der Waals surface area contributed by atoms with Crippen molar-refractivity contribution >= 4 is 0 Å². The van der Waals surface area contributed by atoms with Crippen LogP contribution in [0.2, 0.25) is 0 Å². The Balaban J connectivity index is 2.44. The Kier molecular flexibility index (Phi) is 4.85. The van der Waals surface area contributed by atoms with E-state index in [2.05, 4.69) is 55.3 Å². The summed E-state index contributed by atoms with van der Waals surface area (Å²) in [5.74, 6) is 0. The Morgan fingerprint density at radius 1 is 1.05 bits per heavy atom. The van der Waals surface area contributed by atoms with Gasteiger partial charge in [0.25, 0.3) is 0 Å². The van der Waals surface area contributed by atoms with E-state index in [9.17, 15) is 0 Å². The number of aromatic nitrogens is 2. The van der Waals surface area contributed by atoms with Gasteiger partial charge in [-0.1, -0.05) is 19.1 Å². The van der Waals surface area contributed by atoms with Crippen molar-refractivity contribution < 1.29 is 0 Å². The minimum absolute atomic E-state index is 0.185. The lowest BCUT2D eigenvalue weighted by Crippen LogP contribution is -2.24. The summed E-state index contributed by atoms with van der Waals surface area (Å²) < 4.78 is 0. The maximum absolute atomic E-state index is 4.02. The van der Waals surface area contributed by atoms with Crippen molar-refractivity contribution in [2.24, 2.45) is 0 Å². The van der Waals surface area contributed by atoms with Gasteiger partial charge in [0.2, 0.25) is 0 Å². The molecule has 0 fully saturated rings. The Morgan fingerprint density at radius 3 is 2.45 bits per heavy atom. The van der Waals surface area contributed by atoms with Crippen LogP contribution < -0.4 is 5.32 Å². The molecule has 106 valence electrons. The third kappa shape index (κ3) is 3.23. The molecule has 2 aromatic rings. The molecule has 0 aliphatic rings. The molecule has 0 aliphatic carbocycles. The number of nitrogens with one attached hydrogen (secondary N) is 1. The summed E-state index contributed by atoms with van der Waals surface area (Å²) in [7, 11) is 0. The molecular weight excluding hydrogens is 246 g/mol. The lowest BCUT2D eigenvalue weighted by Gasteiger charge is -2.22. The van der Waals surface area contributed by atoms with Gasteiger partial charge in [-0.3, -0.25) is 0 Å². The lowest BCUT2D eigenvalue weighted by atomic mass is 9.92. The van der Waals surface area contributed by atoms with Gasteiger partial charge in [-0.15, -0.1) is 0 Å². The molecule has 1 aromatic heterocycles. The van der Waals surface area contributed by atoms with E-state index >= 15 is 0 Å². The van der Waals surface area contributed by atoms with Crippen LogP contribution in [-0.2, 0) is 0 Å². The predicted octanol–water partition coefficient (Wildman–Crippen LogP) is 3.49. The fourth-order valence-corrected chi connectivity index (χ4v) is 2.46. The molecule has 1 unspecified atom stereocenters. The molecule has 0 spiro atoms. The van der Waals surface area contributed by atoms with Gasteiger partial charge in [0.15, 0.2) is 0 Å². The molecule has 0 amide bonds. The van der Waals surface area contributed by atoms with E-state index in [0.717, 1.165) is 13.0 Å². The average molecular weight is 269 g/mol. The van der Waals surface area contributed by atoms with Crippen molar-refractivity contribution in [1.29, 1.82) is 0 Å². The van der Waals surface area contributed by atoms with Crippen LogP contribution in [-0.4, -0.2) is 16.7 Å². The summed E-state index contributed by atoms with van der Waals surface area (Å²) in [5, 5.41) is 11.5. The van der Waals surface area contributed by atoms with Crippen molar-refractivity contribution in [2.45, 2.75) is 40.2 Å². The van der Waals surface area contributed by atoms with Gasteiger partial charge in [-0.25, -0.2) is 0 Å². The first-order valence-corrected chi connectivity index (χ1v) is 7.21. The van der Waals surface area contributed by atoms with E-state index in [1.54, 1.807) is 6.20 Å². The highest BCUT2D eigenvalue weighted by molar-refractivity contribution is 5.41. The number of nitrogens with zero attached hydrogens (tertiary/aromatic N) is 2. The second kappa shape index (κ2) is 6.62. The highest BCUT2D eigenvalue weighted by Gasteiger charge is 2.16. The predicted molar refractivity (Wildman–Crippen MR) is 82.8 cm³/mol. The molecule has 0 radical (unpaired) electrons. The molecule has 1 atom stereocenters. The van der Waals surface area contributed by atoms with Crippen LogP contribution in [0.3, 0.4) is 0 Å². The van der Waals surface area contributed by atoms with Crippen LogP contribution in [0.4, 0.5) is 0 Å². The monoisotopic (exact) mass is 269 g/mol. The smallest absolute Gasteiger partial charge is 0.0595 e. The van der Waals surface area contributed by atoms with E-state index in [1.165, 1.54) is 27.8 Å². The topological polar surface area (TPSA) is 37.8 Å². The third-order valence-electron chi connectivity index (χ3n) is 3.73. The van der Waals surface area contributed by atoms with E-state index in [-0.39, 0.29) is 6.04 Å². The summed E-state index contributed by atoms with van der Waals surface area (Å²) >= 11 is 0. The Hall–Kier alpha value is -1.74. The average Bonchev–Trinajstić information content (AvgIpc) is 2.45. The largest absolute Gasteiger partial charge is 0.306 e. The molecule has 1 N–H and O–H groups in total. The molecule has 2 rings (SSSR count). The third-order valence-corrected chi connectivity index (χ3v) is 3.73. The summed E-state index contributed by atoms with van der Waals surface area (Å²) in [4.78, 5) is 0. The van der Waals surface area contributed by atoms with E-state index in [0.29, 0.717) is 0 Å². The molecular formula is C17H23N3. The maximum atomic E-state index is 4.02. The Bertz CT molecular complexity index is 564. The summed E-state index contributed by atoms with van der Waals surface area (Å²) in [6, 6.07) is 6.78. The molecule has 0 saturated carbocycles. The zero-order valence-corrected chi connectivity index (χ0v) is 12.8. The number of hydrogen-bond donors (Lipinski definition) is 1. The number of hydrogen-bond acceptors (Lipinski definition) is 3. The van der Waals surface area contributed by atoms with Crippen molar-refractivity contribution in [3.8, 4) is 0 Å². The zero-order chi connectivity index (χ0) is 14.5. The van der Waals surface area contributed by atoms with E-state index in [4.69, 9.17) is 0 Å². The summed E-state index contributed by atoms with van der Waals surface area (Å²) in [6.45, 7) is 9.67. The molecule has 0 aliphatic heterocycles. The molecule has 3 heteroatoms. The van der Waals surface area contributed by atoms with Crippen LogP contribution in [0.5, 0.6) is 0 Å². The van der Waals surface area contributed by atoms with Gasteiger partial charge < -0.3 is 5.32 Å². The Morgan fingerprint density at radius 2 is 1.80 bits per heavy atom. The Labute approximate surface area is 121 Å². The minimum Gasteiger partial charge on any atom is -0.306 e. The molecule has 1 heterocycles. The standard InChI is InChI=1S/C17H23N3/c1-5-7-18-17(15-6-8-19-20-11-15)16-10-13(3)12(2)9-14(16)4/h6,8-11,17-18H,5,7H2,1-4H3. The first-order chi connectivity index (χ1) is 9.63. The van der Waals surface area contributed by atoms with Gasteiger partial charge in [-0.05, 0) is 67.6 Å². The summed E-state index contributed by atoms with van der Waals surface area (Å²) in [5.41, 5.74) is 6.48. The van der Waals surface area contributed by atoms with Crippen LogP contribution in [0, 0.1) is 20.8 Å². The fraction of sp³-hybridized carbons (Fsp3) is 0.412. The lowest BCUT2D eigenvalue weighted by molar-refractivity contribution is 0.592. The highest BCUT2D eigenvalue weighted by atomic mass is 15.1. The maximum Gasteiger partial charge on any atom is 0.0595 e. The number of rotatable bonds is 5. The second-order valence-corrected chi connectivity index (χ2v) is 5.36. The molecule has 0 bridgehead atoms. The first kappa shape index (κ1) is 14.7. The fourth-order valence-electron chi connectivity index (χ4n) is 2.46. The number of aryl methyl sites for hydroxylation is 3.